The van der Waals surface area contributed by atoms with Crippen LogP contribution < -0.4 is 0 Å². The van der Waals surface area contributed by atoms with E-state index in [1.54, 1.807) is 12.5 Å². The van der Waals surface area contributed by atoms with Gasteiger partial charge in [0.15, 0.2) is 0 Å². The van der Waals surface area contributed by atoms with E-state index in [1.165, 1.54) is 5.56 Å². The molecule has 5 heteroatoms. The van der Waals surface area contributed by atoms with Crippen molar-refractivity contribution in [3.8, 4) is 0 Å². The van der Waals surface area contributed by atoms with Gasteiger partial charge in [0.2, 0.25) is 0 Å². The first-order valence-corrected chi connectivity index (χ1v) is 7.52. The molecule has 1 aliphatic rings. The van der Waals surface area contributed by atoms with Crippen LogP contribution in [0.1, 0.15) is 30.1 Å². The van der Waals surface area contributed by atoms with Crippen molar-refractivity contribution in [1.29, 1.82) is 0 Å². The summed E-state index contributed by atoms with van der Waals surface area (Å²) in [6.45, 7) is 4.80. The number of pyridine rings is 1. The van der Waals surface area contributed by atoms with Crippen LogP contribution >= 0.6 is 0 Å². The molecule has 0 amide bonds. The number of likely N-dealkylation sites (tertiary alicyclic amines) is 1. The minimum absolute atomic E-state index is 0.133. The van der Waals surface area contributed by atoms with Gasteiger partial charge >= 0.3 is 0 Å². The third-order valence-electron chi connectivity index (χ3n) is 4.21. The van der Waals surface area contributed by atoms with Gasteiger partial charge in [-0.3, -0.25) is 9.88 Å². The fourth-order valence-corrected chi connectivity index (χ4v) is 2.95. The molecule has 3 rings (SSSR count). The zero-order valence-corrected chi connectivity index (χ0v) is 12.4. The van der Waals surface area contributed by atoms with Gasteiger partial charge in [0.1, 0.15) is 0 Å². The predicted molar refractivity (Wildman–Crippen MR) is 80.8 cm³/mol. The molecule has 0 saturated carbocycles. The molecule has 1 saturated heterocycles. The highest BCUT2D eigenvalue weighted by Crippen LogP contribution is 2.23. The van der Waals surface area contributed by atoms with E-state index in [9.17, 15) is 5.11 Å². The minimum atomic E-state index is -0.305. The summed E-state index contributed by atoms with van der Waals surface area (Å²) in [6.07, 6.45) is 8.89. The van der Waals surface area contributed by atoms with Crippen molar-refractivity contribution in [2.45, 2.75) is 38.5 Å². The van der Waals surface area contributed by atoms with Crippen molar-refractivity contribution in [2.75, 3.05) is 13.1 Å². The number of nitrogens with zero attached hydrogens (tertiary/aromatic N) is 4. The summed E-state index contributed by atoms with van der Waals surface area (Å²) >= 11 is 0. The average Bonchev–Trinajstić information content (AvgIpc) is 2.95. The number of aliphatic hydroxyl groups excluding tert-OH is 1. The molecule has 2 aromatic rings. The van der Waals surface area contributed by atoms with Gasteiger partial charge in [-0.2, -0.15) is 0 Å². The molecular weight excluding hydrogens is 264 g/mol. The molecule has 1 aliphatic heterocycles. The highest BCUT2D eigenvalue weighted by molar-refractivity contribution is 5.13. The van der Waals surface area contributed by atoms with Crippen LogP contribution in [0.5, 0.6) is 0 Å². The standard InChI is InChI=1S/C16H22N4O/c1-13-2-3-14(10-18-13)11-19-7-4-15(16(21)5-8-19)20-9-6-17-12-20/h2-3,6,9-10,12,15-16,21H,4-5,7-8,11H2,1H3/t15-,16-/m0/s1. The van der Waals surface area contributed by atoms with Crippen LogP contribution in [-0.2, 0) is 6.54 Å². The summed E-state index contributed by atoms with van der Waals surface area (Å²) < 4.78 is 2.03. The van der Waals surface area contributed by atoms with E-state index in [1.807, 2.05) is 23.9 Å². The molecule has 0 aromatic carbocycles. The lowest BCUT2D eigenvalue weighted by atomic mass is 10.1. The summed E-state index contributed by atoms with van der Waals surface area (Å²) in [7, 11) is 0. The highest BCUT2D eigenvalue weighted by Gasteiger charge is 2.25. The topological polar surface area (TPSA) is 54.2 Å². The SMILES string of the molecule is Cc1ccc(CN2CC[C@H](O)[C@@H](n3ccnc3)CC2)cn1. The molecule has 2 aromatic heterocycles. The van der Waals surface area contributed by atoms with Crippen molar-refractivity contribution in [3.63, 3.8) is 0 Å². The van der Waals surface area contributed by atoms with Gasteiger partial charge in [0.25, 0.3) is 0 Å². The molecule has 0 aliphatic carbocycles. The lowest BCUT2D eigenvalue weighted by Gasteiger charge is -2.21. The van der Waals surface area contributed by atoms with Crippen LogP contribution in [0.2, 0.25) is 0 Å². The number of hydrogen-bond donors (Lipinski definition) is 1. The Hall–Kier alpha value is -1.72. The Morgan fingerprint density at radius 1 is 1.29 bits per heavy atom. The molecule has 1 N–H and O–H groups in total. The fraction of sp³-hybridized carbons (Fsp3) is 0.500. The summed E-state index contributed by atoms with van der Waals surface area (Å²) in [5, 5.41) is 10.4. The summed E-state index contributed by atoms with van der Waals surface area (Å²) in [5.41, 5.74) is 2.28. The number of rotatable bonds is 3. The van der Waals surface area contributed by atoms with E-state index in [2.05, 4.69) is 27.0 Å². The second-order valence-electron chi connectivity index (χ2n) is 5.81. The van der Waals surface area contributed by atoms with E-state index in [0.29, 0.717) is 0 Å². The van der Waals surface area contributed by atoms with E-state index in [-0.39, 0.29) is 12.1 Å². The first-order chi connectivity index (χ1) is 10.2. The van der Waals surface area contributed by atoms with Gasteiger partial charge in [-0.25, -0.2) is 4.98 Å². The minimum Gasteiger partial charge on any atom is -0.391 e. The smallest absolute Gasteiger partial charge is 0.0949 e. The van der Waals surface area contributed by atoms with Crippen molar-refractivity contribution in [3.05, 3.63) is 48.3 Å². The van der Waals surface area contributed by atoms with Crippen molar-refractivity contribution in [2.24, 2.45) is 0 Å². The van der Waals surface area contributed by atoms with Gasteiger partial charge in [0.05, 0.1) is 18.5 Å². The normalized spacial score (nSPS) is 23.9. The third-order valence-corrected chi connectivity index (χ3v) is 4.21. The van der Waals surface area contributed by atoms with Crippen LogP contribution in [-0.4, -0.2) is 43.7 Å². The summed E-state index contributed by atoms with van der Waals surface area (Å²) in [6, 6.07) is 4.32. The maximum atomic E-state index is 10.4. The maximum Gasteiger partial charge on any atom is 0.0949 e. The molecule has 5 nitrogen and oxygen atoms in total. The Kier molecular flexibility index (Phi) is 4.31. The van der Waals surface area contributed by atoms with Gasteiger partial charge in [-0.15, -0.1) is 0 Å². The second-order valence-corrected chi connectivity index (χ2v) is 5.81. The van der Waals surface area contributed by atoms with Gasteiger partial charge in [-0.05, 0) is 31.4 Å². The van der Waals surface area contributed by atoms with E-state index in [4.69, 9.17) is 0 Å². The first kappa shape index (κ1) is 14.2. The van der Waals surface area contributed by atoms with E-state index in [0.717, 1.165) is 38.2 Å². The van der Waals surface area contributed by atoms with Crippen molar-refractivity contribution in [1.82, 2.24) is 19.4 Å². The second kappa shape index (κ2) is 6.37. The highest BCUT2D eigenvalue weighted by atomic mass is 16.3. The molecule has 0 bridgehead atoms. The zero-order valence-electron chi connectivity index (χ0n) is 12.4. The molecule has 0 radical (unpaired) electrons. The maximum absolute atomic E-state index is 10.4. The molecule has 21 heavy (non-hydrogen) atoms. The molecule has 0 spiro atoms. The Bertz CT molecular complexity index is 552. The van der Waals surface area contributed by atoms with Gasteiger partial charge in [0, 0.05) is 43.9 Å². The third kappa shape index (κ3) is 3.49. The molecular formula is C16H22N4O. The Morgan fingerprint density at radius 3 is 2.86 bits per heavy atom. The van der Waals surface area contributed by atoms with Crippen LogP contribution in [0, 0.1) is 6.92 Å². The Morgan fingerprint density at radius 2 is 2.14 bits per heavy atom. The molecule has 0 unspecified atom stereocenters. The number of aryl methyl sites for hydroxylation is 1. The molecule has 3 heterocycles. The lowest BCUT2D eigenvalue weighted by molar-refractivity contribution is 0.107. The monoisotopic (exact) mass is 286 g/mol. The zero-order chi connectivity index (χ0) is 14.7. The van der Waals surface area contributed by atoms with Crippen LogP contribution in [0.25, 0.3) is 0 Å². The first-order valence-electron chi connectivity index (χ1n) is 7.52. The average molecular weight is 286 g/mol. The van der Waals surface area contributed by atoms with Crippen LogP contribution in [0.3, 0.4) is 0 Å². The van der Waals surface area contributed by atoms with Gasteiger partial charge < -0.3 is 9.67 Å². The lowest BCUT2D eigenvalue weighted by Crippen LogP contribution is -2.24. The molecule has 112 valence electrons. The van der Waals surface area contributed by atoms with Crippen molar-refractivity contribution < 1.29 is 5.11 Å². The number of aliphatic hydroxyl groups is 1. The van der Waals surface area contributed by atoms with Crippen molar-refractivity contribution >= 4 is 0 Å². The van der Waals surface area contributed by atoms with Crippen LogP contribution in [0.15, 0.2) is 37.1 Å². The fourth-order valence-electron chi connectivity index (χ4n) is 2.95. The Labute approximate surface area is 125 Å². The predicted octanol–water partition coefficient (Wildman–Crippen LogP) is 1.78. The largest absolute Gasteiger partial charge is 0.391 e. The quantitative estimate of drug-likeness (QED) is 0.934. The molecule has 2 atom stereocenters. The summed E-state index contributed by atoms with van der Waals surface area (Å²) in [5.74, 6) is 0. The number of imidazole rings is 1. The van der Waals surface area contributed by atoms with E-state index >= 15 is 0 Å². The van der Waals surface area contributed by atoms with Crippen LogP contribution in [0.4, 0.5) is 0 Å². The molecule has 1 fully saturated rings. The number of aromatic nitrogens is 3. The number of hydrogen-bond acceptors (Lipinski definition) is 4. The Balaban J connectivity index is 1.63. The summed E-state index contributed by atoms with van der Waals surface area (Å²) in [4.78, 5) is 10.8. The van der Waals surface area contributed by atoms with Gasteiger partial charge in [-0.1, -0.05) is 6.07 Å². The van der Waals surface area contributed by atoms with E-state index < -0.39 is 0 Å².